The highest BCUT2D eigenvalue weighted by Crippen LogP contribution is 2.23. The van der Waals surface area contributed by atoms with Gasteiger partial charge in [-0.05, 0) is 40.2 Å². The first-order valence-corrected chi connectivity index (χ1v) is 6.67. The van der Waals surface area contributed by atoms with Crippen LogP contribution in [0.15, 0.2) is 41.1 Å². The first-order chi connectivity index (χ1) is 8.66. The fraction of sp³-hybridized carbons (Fsp3) is 0.167. The number of aromatic nitrogens is 2. The summed E-state index contributed by atoms with van der Waals surface area (Å²) in [5, 5.41) is 7.46. The van der Waals surface area contributed by atoms with E-state index in [0.29, 0.717) is 4.99 Å². The summed E-state index contributed by atoms with van der Waals surface area (Å²) in [4.78, 5) is 0.402. The van der Waals surface area contributed by atoms with Crippen molar-refractivity contribution < 1.29 is 0 Å². The largest absolute Gasteiger partial charge is 0.389 e. The number of hydrogen-bond acceptors (Lipinski definition) is 3. The monoisotopic (exact) mass is 324 g/mol. The summed E-state index contributed by atoms with van der Waals surface area (Å²) in [6, 6.07) is 7.69. The minimum absolute atomic E-state index is 0.402. The van der Waals surface area contributed by atoms with E-state index in [2.05, 4.69) is 26.3 Å². The molecule has 2 rings (SSSR count). The molecule has 0 saturated heterocycles. The number of anilines is 1. The van der Waals surface area contributed by atoms with Gasteiger partial charge in [-0.2, -0.15) is 5.10 Å². The van der Waals surface area contributed by atoms with Gasteiger partial charge in [-0.25, -0.2) is 0 Å². The average Bonchev–Trinajstić information content (AvgIpc) is 2.84. The van der Waals surface area contributed by atoms with Crippen molar-refractivity contribution in [3.05, 3.63) is 46.7 Å². The molecule has 0 bridgehead atoms. The maximum absolute atomic E-state index is 5.58. The number of nitrogens with one attached hydrogen (secondary N) is 1. The second-order valence-corrected chi connectivity index (χ2v) is 5.05. The van der Waals surface area contributed by atoms with E-state index >= 15 is 0 Å². The molecule has 3 N–H and O–H groups in total. The summed E-state index contributed by atoms with van der Waals surface area (Å²) in [7, 11) is 0. The second kappa shape index (κ2) is 5.97. The molecular weight excluding hydrogens is 312 g/mol. The zero-order chi connectivity index (χ0) is 13.0. The topological polar surface area (TPSA) is 55.9 Å². The van der Waals surface area contributed by atoms with E-state index in [1.54, 1.807) is 6.20 Å². The maximum atomic E-state index is 5.58. The molecule has 0 aliphatic heterocycles. The fourth-order valence-electron chi connectivity index (χ4n) is 1.55. The zero-order valence-electron chi connectivity index (χ0n) is 9.64. The van der Waals surface area contributed by atoms with E-state index in [0.717, 1.165) is 28.8 Å². The van der Waals surface area contributed by atoms with Gasteiger partial charge in [-0.15, -0.1) is 0 Å². The van der Waals surface area contributed by atoms with Crippen LogP contribution in [-0.4, -0.2) is 21.3 Å². The van der Waals surface area contributed by atoms with Crippen molar-refractivity contribution in [2.24, 2.45) is 5.73 Å². The summed E-state index contributed by atoms with van der Waals surface area (Å²) in [5.74, 6) is 0. The number of benzene rings is 1. The predicted molar refractivity (Wildman–Crippen MR) is 80.7 cm³/mol. The van der Waals surface area contributed by atoms with Gasteiger partial charge < -0.3 is 11.1 Å². The lowest BCUT2D eigenvalue weighted by atomic mass is 10.2. The fourth-order valence-corrected chi connectivity index (χ4v) is 2.20. The molecule has 2 aromatic rings. The van der Waals surface area contributed by atoms with Gasteiger partial charge in [0.25, 0.3) is 0 Å². The van der Waals surface area contributed by atoms with Crippen LogP contribution in [0.4, 0.5) is 5.69 Å². The summed E-state index contributed by atoms with van der Waals surface area (Å²) in [6.45, 7) is 1.61. The summed E-state index contributed by atoms with van der Waals surface area (Å²) in [6.07, 6.45) is 3.71. The van der Waals surface area contributed by atoms with Crippen LogP contribution in [0, 0.1) is 0 Å². The van der Waals surface area contributed by atoms with Gasteiger partial charge in [0.15, 0.2) is 0 Å². The molecule has 1 heterocycles. The highest BCUT2D eigenvalue weighted by molar-refractivity contribution is 9.10. The van der Waals surface area contributed by atoms with Crippen LogP contribution in [0.25, 0.3) is 0 Å². The van der Waals surface area contributed by atoms with E-state index < -0.39 is 0 Å². The van der Waals surface area contributed by atoms with Gasteiger partial charge in [-0.1, -0.05) is 12.2 Å². The van der Waals surface area contributed by atoms with Crippen molar-refractivity contribution >= 4 is 38.8 Å². The Morgan fingerprint density at radius 1 is 1.50 bits per heavy atom. The lowest BCUT2D eigenvalue weighted by molar-refractivity contribution is 0.638. The molecule has 0 fully saturated rings. The molecule has 0 amide bonds. The number of thiocarbonyl (C=S) groups is 1. The molecule has 0 unspecified atom stereocenters. The van der Waals surface area contributed by atoms with Crippen LogP contribution in [0.2, 0.25) is 0 Å². The third-order valence-corrected chi connectivity index (χ3v) is 3.36. The Bertz CT molecular complexity index is 539. The predicted octanol–water partition coefficient (Wildman–Crippen LogP) is 2.39. The Morgan fingerprint density at radius 3 is 2.94 bits per heavy atom. The van der Waals surface area contributed by atoms with Crippen LogP contribution in [0.1, 0.15) is 5.56 Å². The molecule has 0 saturated carbocycles. The van der Waals surface area contributed by atoms with E-state index in [1.165, 1.54) is 0 Å². The van der Waals surface area contributed by atoms with Crippen molar-refractivity contribution in [1.82, 2.24) is 9.78 Å². The molecule has 0 atom stereocenters. The minimum Gasteiger partial charge on any atom is -0.389 e. The first-order valence-electron chi connectivity index (χ1n) is 5.47. The average molecular weight is 325 g/mol. The van der Waals surface area contributed by atoms with Gasteiger partial charge in [0.05, 0.1) is 6.54 Å². The van der Waals surface area contributed by atoms with Crippen molar-refractivity contribution in [2.75, 3.05) is 11.9 Å². The number of rotatable bonds is 5. The standard InChI is InChI=1S/C12H13BrN4S/c13-10-8-9(12(14)18)2-3-11(10)15-5-7-17-6-1-4-16-17/h1-4,6,8,15H,5,7H2,(H2,14,18). The highest BCUT2D eigenvalue weighted by atomic mass is 79.9. The lowest BCUT2D eigenvalue weighted by Crippen LogP contribution is -2.12. The molecule has 94 valence electrons. The van der Waals surface area contributed by atoms with Gasteiger partial charge in [0, 0.05) is 34.7 Å². The normalized spacial score (nSPS) is 10.3. The number of hydrogen-bond donors (Lipinski definition) is 2. The molecule has 1 aromatic carbocycles. The van der Waals surface area contributed by atoms with E-state index in [-0.39, 0.29) is 0 Å². The Hall–Kier alpha value is -1.40. The van der Waals surface area contributed by atoms with Crippen LogP contribution >= 0.6 is 28.1 Å². The molecule has 0 aliphatic rings. The second-order valence-electron chi connectivity index (χ2n) is 3.75. The third kappa shape index (κ3) is 3.30. The Morgan fingerprint density at radius 2 is 2.33 bits per heavy atom. The Kier molecular flexibility index (Phi) is 4.33. The summed E-state index contributed by atoms with van der Waals surface area (Å²) in [5.41, 5.74) is 7.45. The molecule has 0 radical (unpaired) electrons. The van der Waals surface area contributed by atoms with Gasteiger partial charge >= 0.3 is 0 Å². The first kappa shape index (κ1) is 13.0. The van der Waals surface area contributed by atoms with E-state index in [4.69, 9.17) is 18.0 Å². The van der Waals surface area contributed by atoms with Crippen molar-refractivity contribution in [3.8, 4) is 0 Å². The van der Waals surface area contributed by atoms with Gasteiger partial charge in [-0.3, -0.25) is 4.68 Å². The van der Waals surface area contributed by atoms with Crippen molar-refractivity contribution in [1.29, 1.82) is 0 Å². The van der Waals surface area contributed by atoms with Crippen LogP contribution < -0.4 is 11.1 Å². The zero-order valence-corrected chi connectivity index (χ0v) is 12.0. The SMILES string of the molecule is NC(=S)c1ccc(NCCn2cccn2)c(Br)c1. The maximum Gasteiger partial charge on any atom is 0.104 e. The minimum atomic E-state index is 0.402. The Balaban J connectivity index is 1.95. The van der Waals surface area contributed by atoms with Crippen LogP contribution in [-0.2, 0) is 6.54 Å². The van der Waals surface area contributed by atoms with Gasteiger partial charge in [0.2, 0.25) is 0 Å². The lowest BCUT2D eigenvalue weighted by Gasteiger charge is -2.10. The molecule has 1 aromatic heterocycles. The molecule has 18 heavy (non-hydrogen) atoms. The molecule has 0 aliphatic carbocycles. The smallest absolute Gasteiger partial charge is 0.104 e. The number of halogens is 1. The summed E-state index contributed by atoms with van der Waals surface area (Å²) < 4.78 is 2.83. The third-order valence-electron chi connectivity index (χ3n) is 2.47. The van der Waals surface area contributed by atoms with Crippen LogP contribution in [0.5, 0.6) is 0 Å². The summed E-state index contributed by atoms with van der Waals surface area (Å²) >= 11 is 8.43. The molecule has 0 spiro atoms. The number of nitrogens with zero attached hydrogens (tertiary/aromatic N) is 2. The van der Waals surface area contributed by atoms with Crippen molar-refractivity contribution in [3.63, 3.8) is 0 Å². The van der Waals surface area contributed by atoms with Gasteiger partial charge in [0.1, 0.15) is 4.99 Å². The highest BCUT2D eigenvalue weighted by Gasteiger charge is 2.02. The van der Waals surface area contributed by atoms with Crippen molar-refractivity contribution in [2.45, 2.75) is 6.54 Å². The number of nitrogens with two attached hydrogens (primary N) is 1. The molecular formula is C12H13BrN4S. The molecule has 4 nitrogen and oxygen atoms in total. The van der Waals surface area contributed by atoms with E-state index in [1.807, 2.05) is 35.1 Å². The molecule has 6 heteroatoms. The van der Waals surface area contributed by atoms with E-state index in [9.17, 15) is 0 Å². The Labute approximate surface area is 119 Å². The van der Waals surface area contributed by atoms with Crippen LogP contribution in [0.3, 0.4) is 0 Å². The quantitative estimate of drug-likeness (QED) is 0.829.